The third kappa shape index (κ3) is 2.67. The standard InChI is InChI=1S/C17H12F2N4/c18-14-3-2-10(6-15(14)19)12-7-13(12)11-8-22-17(23-9-11)16-20-4-1-5-21-16/h1-6,8-9,12-13H,7H2. The molecule has 1 aliphatic rings. The number of rotatable bonds is 3. The second-order valence-corrected chi connectivity index (χ2v) is 5.53. The maximum Gasteiger partial charge on any atom is 0.197 e. The highest BCUT2D eigenvalue weighted by Crippen LogP contribution is 2.54. The van der Waals surface area contributed by atoms with Crippen LogP contribution in [0.1, 0.15) is 29.4 Å². The van der Waals surface area contributed by atoms with E-state index in [1.165, 1.54) is 12.1 Å². The predicted molar refractivity (Wildman–Crippen MR) is 79.5 cm³/mol. The van der Waals surface area contributed by atoms with E-state index >= 15 is 0 Å². The van der Waals surface area contributed by atoms with Crippen molar-refractivity contribution in [2.75, 3.05) is 0 Å². The minimum Gasteiger partial charge on any atom is -0.234 e. The van der Waals surface area contributed by atoms with Crippen LogP contribution in [0, 0.1) is 11.6 Å². The number of benzene rings is 1. The number of hydrogen-bond acceptors (Lipinski definition) is 4. The van der Waals surface area contributed by atoms with Gasteiger partial charge in [0.2, 0.25) is 0 Å². The minimum absolute atomic E-state index is 0.188. The summed E-state index contributed by atoms with van der Waals surface area (Å²) in [6.07, 6.45) is 7.67. The highest BCUT2D eigenvalue weighted by atomic mass is 19.2. The van der Waals surface area contributed by atoms with Gasteiger partial charge in [-0.05, 0) is 47.6 Å². The van der Waals surface area contributed by atoms with E-state index in [0.717, 1.165) is 17.5 Å². The maximum atomic E-state index is 13.3. The highest BCUT2D eigenvalue weighted by molar-refractivity contribution is 5.43. The summed E-state index contributed by atoms with van der Waals surface area (Å²) in [4.78, 5) is 16.8. The van der Waals surface area contributed by atoms with Crippen LogP contribution in [-0.4, -0.2) is 19.9 Å². The van der Waals surface area contributed by atoms with Crippen LogP contribution in [0.25, 0.3) is 11.6 Å². The van der Waals surface area contributed by atoms with Crippen molar-refractivity contribution in [3.05, 3.63) is 71.8 Å². The lowest BCUT2D eigenvalue weighted by Crippen LogP contribution is -1.96. The molecule has 114 valence electrons. The van der Waals surface area contributed by atoms with Crippen LogP contribution in [0.4, 0.5) is 8.78 Å². The molecule has 1 aliphatic carbocycles. The Balaban J connectivity index is 1.53. The number of hydrogen-bond donors (Lipinski definition) is 0. The molecule has 0 saturated heterocycles. The molecule has 4 nitrogen and oxygen atoms in total. The summed E-state index contributed by atoms with van der Waals surface area (Å²) in [6, 6.07) is 5.81. The summed E-state index contributed by atoms with van der Waals surface area (Å²) >= 11 is 0. The van der Waals surface area contributed by atoms with E-state index in [4.69, 9.17) is 0 Å². The SMILES string of the molecule is Fc1ccc(C2CC2c2cnc(-c3ncccn3)nc2)cc1F. The molecular formula is C17H12F2N4. The molecule has 2 atom stereocenters. The molecule has 23 heavy (non-hydrogen) atoms. The normalized spacial score (nSPS) is 19.6. The molecule has 0 aliphatic heterocycles. The lowest BCUT2D eigenvalue weighted by atomic mass is 10.1. The molecule has 0 bridgehead atoms. The Kier molecular flexibility index (Phi) is 3.29. The lowest BCUT2D eigenvalue weighted by Gasteiger charge is -2.03. The molecule has 2 aromatic heterocycles. The first-order chi connectivity index (χ1) is 11.2. The van der Waals surface area contributed by atoms with Crippen LogP contribution < -0.4 is 0 Å². The maximum absolute atomic E-state index is 13.3. The second-order valence-electron chi connectivity index (χ2n) is 5.53. The molecule has 0 amide bonds. The average Bonchev–Trinajstić information content (AvgIpc) is 3.39. The van der Waals surface area contributed by atoms with Crippen LogP contribution in [-0.2, 0) is 0 Å². The Labute approximate surface area is 131 Å². The van der Waals surface area contributed by atoms with Crippen LogP contribution in [0.5, 0.6) is 0 Å². The first-order valence-corrected chi connectivity index (χ1v) is 7.26. The van der Waals surface area contributed by atoms with Crippen molar-refractivity contribution in [1.82, 2.24) is 19.9 Å². The highest BCUT2D eigenvalue weighted by Gasteiger charge is 2.40. The molecule has 1 fully saturated rings. The third-order valence-electron chi connectivity index (χ3n) is 4.03. The van der Waals surface area contributed by atoms with Gasteiger partial charge in [0.15, 0.2) is 23.3 Å². The van der Waals surface area contributed by atoms with E-state index in [9.17, 15) is 8.78 Å². The Morgan fingerprint density at radius 3 is 2.13 bits per heavy atom. The van der Waals surface area contributed by atoms with Gasteiger partial charge in [-0.15, -0.1) is 0 Å². The van der Waals surface area contributed by atoms with Crippen molar-refractivity contribution in [3.8, 4) is 11.6 Å². The zero-order valence-corrected chi connectivity index (χ0v) is 12.0. The molecule has 0 radical (unpaired) electrons. The summed E-state index contributed by atoms with van der Waals surface area (Å²) in [6.45, 7) is 0. The van der Waals surface area contributed by atoms with Gasteiger partial charge in [0.1, 0.15) is 0 Å². The third-order valence-corrected chi connectivity index (χ3v) is 4.03. The summed E-state index contributed by atoms with van der Waals surface area (Å²) in [5.41, 5.74) is 1.80. The quantitative estimate of drug-likeness (QED) is 0.743. The van der Waals surface area contributed by atoms with E-state index in [1.807, 2.05) is 0 Å². The van der Waals surface area contributed by atoms with Gasteiger partial charge in [-0.25, -0.2) is 28.7 Å². The molecular weight excluding hydrogens is 298 g/mol. The lowest BCUT2D eigenvalue weighted by molar-refractivity contribution is 0.507. The average molecular weight is 310 g/mol. The van der Waals surface area contributed by atoms with Crippen molar-refractivity contribution < 1.29 is 8.78 Å². The monoisotopic (exact) mass is 310 g/mol. The Bertz CT molecular complexity index is 837. The number of halogens is 2. The van der Waals surface area contributed by atoms with E-state index in [0.29, 0.717) is 11.6 Å². The number of aromatic nitrogens is 4. The molecule has 2 heterocycles. The van der Waals surface area contributed by atoms with Gasteiger partial charge in [0.05, 0.1) is 0 Å². The van der Waals surface area contributed by atoms with E-state index in [2.05, 4.69) is 19.9 Å². The Morgan fingerprint density at radius 1 is 0.783 bits per heavy atom. The zero-order chi connectivity index (χ0) is 15.8. The molecule has 3 aromatic rings. The molecule has 0 N–H and O–H groups in total. The molecule has 1 aromatic carbocycles. The van der Waals surface area contributed by atoms with E-state index in [1.54, 1.807) is 36.9 Å². The predicted octanol–water partition coefficient (Wildman–Crippen LogP) is 3.48. The molecule has 1 saturated carbocycles. The molecule has 0 spiro atoms. The summed E-state index contributed by atoms with van der Waals surface area (Å²) in [7, 11) is 0. The topological polar surface area (TPSA) is 51.6 Å². The molecule has 6 heteroatoms. The van der Waals surface area contributed by atoms with Crippen LogP contribution in [0.3, 0.4) is 0 Å². The minimum atomic E-state index is -0.818. The first-order valence-electron chi connectivity index (χ1n) is 7.26. The van der Waals surface area contributed by atoms with Crippen LogP contribution in [0.2, 0.25) is 0 Å². The zero-order valence-electron chi connectivity index (χ0n) is 12.0. The fraction of sp³-hybridized carbons (Fsp3) is 0.176. The summed E-state index contributed by atoms with van der Waals surface area (Å²) < 4.78 is 26.3. The van der Waals surface area contributed by atoms with Crippen molar-refractivity contribution in [2.24, 2.45) is 0 Å². The first kappa shape index (κ1) is 13.9. The second kappa shape index (κ2) is 5.46. The molecule has 2 unspecified atom stereocenters. The van der Waals surface area contributed by atoms with Gasteiger partial charge in [-0.1, -0.05) is 6.07 Å². The molecule has 4 rings (SSSR count). The smallest absolute Gasteiger partial charge is 0.197 e. The fourth-order valence-electron chi connectivity index (χ4n) is 2.73. The van der Waals surface area contributed by atoms with E-state index < -0.39 is 11.6 Å². The largest absolute Gasteiger partial charge is 0.234 e. The van der Waals surface area contributed by atoms with Gasteiger partial charge in [-0.2, -0.15) is 0 Å². The Hall–Kier alpha value is -2.76. The van der Waals surface area contributed by atoms with Gasteiger partial charge >= 0.3 is 0 Å². The van der Waals surface area contributed by atoms with Crippen molar-refractivity contribution >= 4 is 0 Å². The van der Waals surface area contributed by atoms with Gasteiger partial charge in [0, 0.05) is 24.8 Å². The fourth-order valence-corrected chi connectivity index (χ4v) is 2.73. The van der Waals surface area contributed by atoms with Crippen LogP contribution >= 0.6 is 0 Å². The van der Waals surface area contributed by atoms with Gasteiger partial charge in [0.25, 0.3) is 0 Å². The van der Waals surface area contributed by atoms with Crippen molar-refractivity contribution in [1.29, 1.82) is 0 Å². The Morgan fingerprint density at radius 2 is 1.43 bits per heavy atom. The summed E-state index contributed by atoms with van der Waals surface area (Å²) in [5.74, 6) is -0.244. The van der Waals surface area contributed by atoms with Gasteiger partial charge in [-0.3, -0.25) is 0 Å². The van der Waals surface area contributed by atoms with Crippen molar-refractivity contribution in [2.45, 2.75) is 18.3 Å². The van der Waals surface area contributed by atoms with E-state index in [-0.39, 0.29) is 11.8 Å². The summed E-state index contributed by atoms with van der Waals surface area (Å²) in [5, 5.41) is 0. The van der Waals surface area contributed by atoms with Crippen molar-refractivity contribution in [3.63, 3.8) is 0 Å². The van der Waals surface area contributed by atoms with Gasteiger partial charge < -0.3 is 0 Å². The van der Waals surface area contributed by atoms with Crippen LogP contribution in [0.15, 0.2) is 49.1 Å². The number of nitrogens with zero attached hydrogens (tertiary/aromatic N) is 4.